The molecule has 5 rings (SSSR count). The van der Waals surface area contributed by atoms with Crippen molar-refractivity contribution in [3.8, 4) is 17.5 Å². The summed E-state index contributed by atoms with van der Waals surface area (Å²) in [5, 5.41) is 0. The summed E-state index contributed by atoms with van der Waals surface area (Å²) in [6.45, 7) is 4.31. The van der Waals surface area contributed by atoms with Crippen LogP contribution in [0.5, 0.6) is 17.5 Å². The van der Waals surface area contributed by atoms with E-state index in [2.05, 4.69) is 14.9 Å². The predicted molar refractivity (Wildman–Crippen MR) is 115 cm³/mol. The summed E-state index contributed by atoms with van der Waals surface area (Å²) < 4.78 is 70.3. The number of aromatic nitrogens is 3. The van der Waals surface area contributed by atoms with Gasteiger partial charge in [0.2, 0.25) is 11.8 Å². The zero-order chi connectivity index (χ0) is 24.8. The quantitative estimate of drug-likeness (QED) is 0.502. The van der Waals surface area contributed by atoms with Gasteiger partial charge in [-0.3, -0.25) is 4.57 Å². The van der Waals surface area contributed by atoms with E-state index < -0.39 is 23.2 Å². The molecule has 0 amide bonds. The first kappa shape index (κ1) is 23.1. The van der Waals surface area contributed by atoms with Gasteiger partial charge in [0.1, 0.15) is 24.0 Å². The Morgan fingerprint density at radius 3 is 2.74 bits per heavy atom. The summed E-state index contributed by atoms with van der Waals surface area (Å²) in [5.41, 5.74) is -1.52. The third kappa shape index (κ3) is 4.53. The van der Waals surface area contributed by atoms with Crippen LogP contribution in [-0.2, 0) is 24.1 Å². The normalized spacial score (nSPS) is 19.3. The maximum atomic E-state index is 13.4. The molecule has 184 valence electrons. The fourth-order valence-corrected chi connectivity index (χ4v) is 4.20. The highest BCUT2D eigenvalue weighted by molar-refractivity contribution is 5.50. The average Bonchev–Trinajstić information content (AvgIpc) is 3.12. The predicted octanol–water partition coefficient (Wildman–Crippen LogP) is 3.78. The highest BCUT2D eigenvalue weighted by atomic mass is 19.4. The second-order valence-corrected chi connectivity index (χ2v) is 8.56. The molecule has 2 aliphatic rings. The zero-order valence-electron chi connectivity index (χ0n) is 18.5. The van der Waals surface area contributed by atoms with E-state index >= 15 is 0 Å². The van der Waals surface area contributed by atoms with Crippen molar-refractivity contribution < 1.29 is 31.8 Å². The van der Waals surface area contributed by atoms with Crippen molar-refractivity contribution in [3.05, 3.63) is 70.0 Å². The molecule has 0 aliphatic carbocycles. The first-order chi connectivity index (χ1) is 16.6. The molecule has 1 fully saturated rings. The van der Waals surface area contributed by atoms with E-state index in [-0.39, 0.29) is 29.7 Å². The maximum absolute atomic E-state index is 13.4. The first-order valence-electron chi connectivity index (χ1n) is 10.7. The molecule has 0 saturated carbocycles. The molecule has 0 spiro atoms. The second kappa shape index (κ2) is 8.52. The molecule has 1 saturated heterocycles. The Bertz CT molecular complexity index is 1310. The molecule has 0 bridgehead atoms. The molecule has 1 aromatic carbocycles. The molecule has 35 heavy (non-hydrogen) atoms. The third-order valence-corrected chi connectivity index (χ3v) is 5.91. The molecular weight excluding hydrogens is 472 g/mol. The summed E-state index contributed by atoms with van der Waals surface area (Å²) in [6, 6.07) is 7.11. The van der Waals surface area contributed by atoms with Gasteiger partial charge in [-0.25, -0.2) is 14.2 Å². The van der Waals surface area contributed by atoms with Crippen molar-refractivity contribution in [1.82, 2.24) is 14.5 Å². The number of hydrogen-bond acceptors (Lipinski definition) is 7. The van der Waals surface area contributed by atoms with Crippen molar-refractivity contribution in [2.75, 3.05) is 24.7 Å². The molecular formula is C23H20F4N4O4. The van der Waals surface area contributed by atoms with Crippen LogP contribution in [0.3, 0.4) is 0 Å². The number of alkyl halides is 3. The Morgan fingerprint density at radius 2 is 2.00 bits per heavy atom. The van der Waals surface area contributed by atoms with Gasteiger partial charge in [-0.2, -0.15) is 18.2 Å². The number of fused-ring (bicyclic) bond motifs is 3. The summed E-state index contributed by atoms with van der Waals surface area (Å²) in [7, 11) is 0. The van der Waals surface area contributed by atoms with Crippen LogP contribution in [-0.4, -0.2) is 39.8 Å². The van der Waals surface area contributed by atoms with Gasteiger partial charge in [0.15, 0.2) is 0 Å². The number of halogens is 4. The van der Waals surface area contributed by atoms with E-state index in [1.165, 1.54) is 12.3 Å². The van der Waals surface area contributed by atoms with E-state index in [4.69, 9.17) is 14.2 Å². The number of nitrogens with zero attached hydrogens (tertiary/aromatic N) is 4. The van der Waals surface area contributed by atoms with Gasteiger partial charge in [0.05, 0.1) is 30.9 Å². The van der Waals surface area contributed by atoms with Gasteiger partial charge in [0.25, 0.3) is 0 Å². The zero-order valence-corrected chi connectivity index (χ0v) is 18.5. The maximum Gasteiger partial charge on any atom is 0.419 e. The molecule has 0 unspecified atom stereocenters. The van der Waals surface area contributed by atoms with Gasteiger partial charge in [-0.15, -0.1) is 0 Å². The van der Waals surface area contributed by atoms with Gasteiger partial charge >= 0.3 is 11.9 Å². The van der Waals surface area contributed by atoms with Crippen LogP contribution in [0, 0.1) is 5.82 Å². The van der Waals surface area contributed by atoms with Crippen LogP contribution in [0.2, 0.25) is 0 Å². The smallest absolute Gasteiger partial charge is 0.419 e. The lowest BCUT2D eigenvalue weighted by Gasteiger charge is -2.39. The SMILES string of the molecule is C[C@@]12COCCN1c1cc(OCc3ccc(Oc4ccc(F)c(C(F)(F)F)c4)nc3)nc(=O)n1C2. The molecule has 0 N–H and O–H groups in total. The monoisotopic (exact) mass is 492 g/mol. The average molecular weight is 492 g/mol. The molecule has 2 aliphatic heterocycles. The highest BCUT2D eigenvalue weighted by Crippen LogP contribution is 2.36. The second-order valence-electron chi connectivity index (χ2n) is 8.56. The van der Waals surface area contributed by atoms with E-state index in [1.807, 2.05) is 6.92 Å². The number of ether oxygens (including phenoxy) is 3. The molecule has 1 atom stereocenters. The van der Waals surface area contributed by atoms with Crippen LogP contribution in [0.1, 0.15) is 18.1 Å². The summed E-state index contributed by atoms with van der Waals surface area (Å²) in [5.74, 6) is -0.668. The van der Waals surface area contributed by atoms with Gasteiger partial charge < -0.3 is 19.1 Å². The number of morpholine rings is 1. The lowest BCUT2D eigenvalue weighted by Crippen LogP contribution is -2.53. The molecule has 12 heteroatoms. The molecule has 3 aromatic rings. The van der Waals surface area contributed by atoms with Crippen molar-refractivity contribution in [2.45, 2.75) is 31.8 Å². The summed E-state index contributed by atoms with van der Waals surface area (Å²) in [4.78, 5) is 22.7. The fraction of sp³-hybridized carbons (Fsp3) is 0.348. The minimum absolute atomic E-state index is 0.0222. The Morgan fingerprint density at radius 1 is 1.17 bits per heavy atom. The molecule has 4 heterocycles. The Labute approximate surface area is 196 Å². The topological polar surface area (TPSA) is 78.7 Å². The standard InChI is InChI=1S/C23H20F4N4O4/c1-22-12-30-20(31(22)6-7-33-13-22)9-19(29-21(30)32)34-11-14-2-5-18(28-10-14)35-15-3-4-17(24)16(8-15)23(25,26)27/h2-5,8-10H,6-7,11-13H2,1H3/t22-/m1/s1. The van der Waals surface area contributed by atoms with Crippen molar-refractivity contribution in [1.29, 1.82) is 0 Å². The first-order valence-corrected chi connectivity index (χ1v) is 10.7. The Hall–Kier alpha value is -3.67. The molecule has 0 radical (unpaired) electrons. The summed E-state index contributed by atoms with van der Waals surface area (Å²) >= 11 is 0. The number of hydrogen-bond donors (Lipinski definition) is 0. The van der Waals surface area contributed by atoms with Gasteiger partial charge in [-0.05, 0) is 31.2 Å². The Kier molecular flexibility index (Phi) is 5.62. The Balaban J connectivity index is 1.26. The highest BCUT2D eigenvalue weighted by Gasteiger charge is 2.43. The lowest BCUT2D eigenvalue weighted by atomic mass is 10.0. The third-order valence-electron chi connectivity index (χ3n) is 5.91. The van der Waals surface area contributed by atoms with Crippen LogP contribution in [0.4, 0.5) is 23.4 Å². The van der Waals surface area contributed by atoms with Crippen LogP contribution >= 0.6 is 0 Å². The van der Waals surface area contributed by atoms with Crippen molar-refractivity contribution in [2.24, 2.45) is 0 Å². The minimum atomic E-state index is -4.84. The lowest BCUT2D eigenvalue weighted by molar-refractivity contribution is -0.140. The minimum Gasteiger partial charge on any atom is -0.473 e. The van der Waals surface area contributed by atoms with E-state index in [9.17, 15) is 22.4 Å². The van der Waals surface area contributed by atoms with Crippen LogP contribution < -0.4 is 20.1 Å². The number of benzene rings is 1. The molecule has 8 nitrogen and oxygen atoms in total. The van der Waals surface area contributed by atoms with Crippen LogP contribution in [0.25, 0.3) is 0 Å². The van der Waals surface area contributed by atoms with E-state index in [1.54, 1.807) is 16.7 Å². The van der Waals surface area contributed by atoms with Crippen LogP contribution in [0.15, 0.2) is 47.4 Å². The van der Waals surface area contributed by atoms with E-state index in [0.29, 0.717) is 44.0 Å². The van der Waals surface area contributed by atoms with Gasteiger partial charge in [0, 0.05) is 30.4 Å². The van der Waals surface area contributed by atoms with Gasteiger partial charge in [-0.1, -0.05) is 0 Å². The largest absolute Gasteiger partial charge is 0.473 e. The number of pyridine rings is 1. The molecule has 2 aromatic heterocycles. The number of anilines is 1. The van der Waals surface area contributed by atoms with E-state index in [0.717, 1.165) is 11.9 Å². The summed E-state index contributed by atoms with van der Waals surface area (Å²) in [6.07, 6.45) is -3.42. The fourth-order valence-electron chi connectivity index (χ4n) is 4.20. The van der Waals surface area contributed by atoms with Crippen molar-refractivity contribution in [3.63, 3.8) is 0 Å². The van der Waals surface area contributed by atoms with Crippen molar-refractivity contribution >= 4 is 5.82 Å². The number of rotatable bonds is 5.